The van der Waals surface area contributed by atoms with E-state index in [0.717, 1.165) is 24.2 Å². The molecular weight excluding hydrogens is 264 g/mol. The fourth-order valence-corrected chi connectivity index (χ4v) is 2.47. The summed E-state index contributed by atoms with van der Waals surface area (Å²) in [6.45, 7) is 4.19. The summed E-state index contributed by atoms with van der Waals surface area (Å²) in [5, 5.41) is 6.96. The molecule has 1 amide bonds. The Bertz CT molecular complexity index is 615. The van der Waals surface area contributed by atoms with E-state index in [0.29, 0.717) is 17.5 Å². The lowest BCUT2D eigenvalue weighted by Crippen LogP contribution is -2.31. The number of aromatic nitrogens is 1. The van der Waals surface area contributed by atoms with Crippen LogP contribution in [0.2, 0.25) is 0 Å². The molecule has 110 valence electrons. The molecule has 1 aromatic carbocycles. The Balaban J connectivity index is 1.74. The minimum atomic E-state index is -0.173. The molecule has 1 aliphatic carbocycles. The number of hydrogen-bond acceptors (Lipinski definition) is 3. The lowest BCUT2D eigenvalue weighted by Gasteiger charge is -2.22. The third kappa shape index (κ3) is 3.15. The van der Waals surface area contributed by atoms with Crippen molar-refractivity contribution in [2.75, 3.05) is 0 Å². The van der Waals surface area contributed by atoms with Gasteiger partial charge in [0.2, 0.25) is 0 Å². The SMILES string of the molecule is CC(C)C(NC(=O)c1cc(C2CC2)on1)c1ccccc1. The third-order valence-corrected chi connectivity index (χ3v) is 3.85. The molecule has 1 atom stereocenters. The summed E-state index contributed by atoms with van der Waals surface area (Å²) in [5.74, 6) is 1.43. The molecule has 1 fully saturated rings. The van der Waals surface area contributed by atoms with Gasteiger partial charge in [0.1, 0.15) is 5.76 Å². The maximum Gasteiger partial charge on any atom is 0.273 e. The summed E-state index contributed by atoms with van der Waals surface area (Å²) in [7, 11) is 0. The summed E-state index contributed by atoms with van der Waals surface area (Å²) in [6, 6.07) is 11.8. The van der Waals surface area contributed by atoms with E-state index in [4.69, 9.17) is 4.52 Å². The first kappa shape index (κ1) is 13.9. The van der Waals surface area contributed by atoms with Crippen LogP contribution in [-0.4, -0.2) is 11.1 Å². The van der Waals surface area contributed by atoms with Crippen molar-refractivity contribution in [1.29, 1.82) is 0 Å². The molecule has 2 aromatic rings. The van der Waals surface area contributed by atoms with Gasteiger partial charge in [0.25, 0.3) is 5.91 Å². The van der Waals surface area contributed by atoms with Gasteiger partial charge in [-0.05, 0) is 24.3 Å². The van der Waals surface area contributed by atoms with Gasteiger partial charge >= 0.3 is 0 Å². The zero-order valence-electron chi connectivity index (χ0n) is 12.4. The van der Waals surface area contributed by atoms with Crippen LogP contribution in [0.15, 0.2) is 40.9 Å². The van der Waals surface area contributed by atoms with Crippen molar-refractivity contribution in [3.05, 3.63) is 53.4 Å². The Morgan fingerprint density at radius 2 is 2.00 bits per heavy atom. The predicted octanol–water partition coefficient (Wildman–Crippen LogP) is 3.68. The standard InChI is InChI=1S/C17H20N2O2/c1-11(2)16(13-6-4-3-5-7-13)18-17(20)14-10-15(21-19-14)12-8-9-12/h3-7,10-12,16H,8-9H2,1-2H3,(H,18,20). The largest absolute Gasteiger partial charge is 0.360 e. The number of nitrogens with zero attached hydrogens (tertiary/aromatic N) is 1. The summed E-state index contributed by atoms with van der Waals surface area (Å²) in [4.78, 5) is 12.4. The fraction of sp³-hybridized carbons (Fsp3) is 0.412. The number of hydrogen-bond donors (Lipinski definition) is 1. The van der Waals surface area contributed by atoms with E-state index >= 15 is 0 Å². The van der Waals surface area contributed by atoms with E-state index in [1.807, 2.05) is 30.3 Å². The maximum atomic E-state index is 12.4. The van der Waals surface area contributed by atoms with E-state index in [1.165, 1.54) is 0 Å². The van der Waals surface area contributed by atoms with Crippen molar-refractivity contribution in [2.24, 2.45) is 5.92 Å². The number of carbonyl (C=O) groups excluding carboxylic acids is 1. The topological polar surface area (TPSA) is 55.1 Å². The average molecular weight is 284 g/mol. The van der Waals surface area contributed by atoms with Crippen LogP contribution >= 0.6 is 0 Å². The van der Waals surface area contributed by atoms with Crippen LogP contribution in [0.25, 0.3) is 0 Å². The highest BCUT2D eigenvalue weighted by Gasteiger charge is 2.29. The summed E-state index contributed by atoms with van der Waals surface area (Å²) < 4.78 is 5.25. The highest BCUT2D eigenvalue weighted by atomic mass is 16.5. The molecule has 4 heteroatoms. The van der Waals surface area contributed by atoms with Crippen LogP contribution in [0, 0.1) is 5.92 Å². The van der Waals surface area contributed by atoms with Gasteiger partial charge in [-0.15, -0.1) is 0 Å². The monoisotopic (exact) mass is 284 g/mol. The van der Waals surface area contributed by atoms with Gasteiger partial charge in [-0.25, -0.2) is 0 Å². The van der Waals surface area contributed by atoms with Crippen LogP contribution in [-0.2, 0) is 0 Å². The highest BCUT2D eigenvalue weighted by Crippen LogP contribution is 2.40. The molecular formula is C17H20N2O2. The van der Waals surface area contributed by atoms with Crippen LogP contribution in [0.1, 0.15) is 60.5 Å². The summed E-state index contributed by atoms with van der Waals surface area (Å²) in [6.07, 6.45) is 2.27. The van der Waals surface area contributed by atoms with Gasteiger partial charge in [0.15, 0.2) is 5.69 Å². The smallest absolute Gasteiger partial charge is 0.273 e. The van der Waals surface area contributed by atoms with Gasteiger partial charge in [0, 0.05) is 12.0 Å². The zero-order valence-corrected chi connectivity index (χ0v) is 12.4. The van der Waals surface area contributed by atoms with E-state index in [9.17, 15) is 4.79 Å². The Morgan fingerprint density at radius 3 is 2.62 bits per heavy atom. The zero-order chi connectivity index (χ0) is 14.8. The molecule has 1 heterocycles. The summed E-state index contributed by atoms with van der Waals surface area (Å²) in [5.41, 5.74) is 1.48. The average Bonchev–Trinajstić information content (AvgIpc) is 3.22. The third-order valence-electron chi connectivity index (χ3n) is 3.85. The predicted molar refractivity (Wildman–Crippen MR) is 80.0 cm³/mol. The molecule has 1 N–H and O–H groups in total. The lowest BCUT2D eigenvalue weighted by molar-refractivity contribution is 0.0916. The molecule has 1 unspecified atom stereocenters. The number of benzene rings is 1. The van der Waals surface area contributed by atoms with E-state index in [-0.39, 0.29) is 11.9 Å². The molecule has 3 rings (SSSR count). The molecule has 21 heavy (non-hydrogen) atoms. The Morgan fingerprint density at radius 1 is 1.29 bits per heavy atom. The number of amides is 1. The minimum absolute atomic E-state index is 0.0280. The second-order valence-corrected chi connectivity index (χ2v) is 5.99. The van der Waals surface area contributed by atoms with E-state index in [1.54, 1.807) is 6.07 Å². The van der Waals surface area contributed by atoms with Crippen LogP contribution in [0.5, 0.6) is 0 Å². The summed E-state index contributed by atoms with van der Waals surface area (Å²) >= 11 is 0. The van der Waals surface area contributed by atoms with E-state index in [2.05, 4.69) is 24.3 Å². The van der Waals surface area contributed by atoms with Crippen molar-refractivity contribution in [2.45, 2.75) is 38.6 Å². The molecule has 0 radical (unpaired) electrons. The first-order chi connectivity index (χ1) is 10.1. The number of nitrogens with one attached hydrogen (secondary N) is 1. The fourth-order valence-electron chi connectivity index (χ4n) is 2.47. The Labute approximate surface area is 124 Å². The second-order valence-electron chi connectivity index (χ2n) is 5.99. The molecule has 4 nitrogen and oxygen atoms in total. The van der Waals surface area contributed by atoms with Crippen molar-refractivity contribution >= 4 is 5.91 Å². The molecule has 1 aromatic heterocycles. The van der Waals surface area contributed by atoms with E-state index < -0.39 is 0 Å². The van der Waals surface area contributed by atoms with Crippen LogP contribution in [0.4, 0.5) is 0 Å². The second kappa shape index (κ2) is 5.72. The number of carbonyl (C=O) groups is 1. The number of rotatable bonds is 5. The lowest BCUT2D eigenvalue weighted by atomic mass is 9.96. The van der Waals surface area contributed by atoms with Gasteiger partial charge in [-0.1, -0.05) is 49.3 Å². The van der Waals surface area contributed by atoms with Gasteiger partial charge in [-0.2, -0.15) is 0 Å². The van der Waals surface area contributed by atoms with Crippen molar-refractivity contribution in [3.8, 4) is 0 Å². The van der Waals surface area contributed by atoms with Crippen LogP contribution in [0.3, 0.4) is 0 Å². The Hall–Kier alpha value is -2.10. The molecule has 1 aliphatic rings. The normalized spacial score (nSPS) is 16.0. The van der Waals surface area contributed by atoms with Crippen molar-refractivity contribution < 1.29 is 9.32 Å². The quantitative estimate of drug-likeness (QED) is 0.911. The highest BCUT2D eigenvalue weighted by molar-refractivity contribution is 5.92. The maximum absolute atomic E-state index is 12.4. The first-order valence-corrected chi connectivity index (χ1v) is 7.47. The Kier molecular flexibility index (Phi) is 3.78. The van der Waals surface area contributed by atoms with Crippen molar-refractivity contribution in [3.63, 3.8) is 0 Å². The van der Waals surface area contributed by atoms with Crippen molar-refractivity contribution in [1.82, 2.24) is 10.5 Å². The molecule has 0 bridgehead atoms. The molecule has 0 saturated heterocycles. The molecule has 0 aliphatic heterocycles. The first-order valence-electron chi connectivity index (χ1n) is 7.47. The molecule has 1 saturated carbocycles. The van der Waals surface area contributed by atoms with Gasteiger partial charge < -0.3 is 9.84 Å². The minimum Gasteiger partial charge on any atom is -0.360 e. The van der Waals surface area contributed by atoms with Crippen LogP contribution < -0.4 is 5.32 Å². The molecule has 0 spiro atoms. The van der Waals surface area contributed by atoms with Gasteiger partial charge in [0.05, 0.1) is 6.04 Å². The van der Waals surface area contributed by atoms with Gasteiger partial charge in [-0.3, -0.25) is 4.79 Å².